The molecule has 1 aromatic rings. The largest absolute Gasteiger partial charge is 0.481 e. The van der Waals surface area contributed by atoms with Gasteiger partial charge in [-0.05, 0) is 31.5 Å². The van der Waals surface area contributed by atoms with Crippen molar-refractivity contribution >= 4 is 11.9 Å². The maximum atomic E-state index is 11.8. The van der Waals surface area contributed by atoms with Crippen molar-refractivity contribution in [2.24, 2.45) is 0 Å². The molecule has 0 radical (unpaired) electrons. The Labute approximate surface area is 124 Å². The zero-order chi connectivity index (χ0) is 15.8. The van der Waals surface area contributed by atoms with E-state index in [-0.39, 0.29) is 5.91 Å². The van der Waals surface area contributed by atoms with Crippen LogP contribution in [0.2, 0.25) is 0 Å². The maximum Gasteiger partial charge on any atom is 0.337 e. The van der Waals surface area contributed by atoms with Gasteiger partial charge in [-0.25, -0.2) is 4.79 Å². The first-order valence-corrected chi connectivity index (χ1v) is 6.61. The summed E-state index contributed by atoms with van der Waals surface area (Å²) < 4.78 is 15.1. The van der Waals surface area contributed by atoms with Crippen LogP contribution in [0.5, 0.6) is 5.75 Å². The Morgan fingerprint density at radius 3 is 2.62 bits per heavy atom. The van der Waals surface area contributed by atoms with Gasteiger partial charge in [0.25, 0.3) is 5.91 Å². The van der Waals surface area contributed by atoms with Gasteiger partial charge in [-0.2, -0.15) is 0 Å². The fraction of sp³-hybridized carbons (Fsp3) is 0.467. The molecule has 1 aromatic carbocycles. The number of benzene rings is 1. The first-order chi connectivity index (χ1) is 9.99. The summed E-state index contributed by atoms with van der Waals surface area (Å²) in [5.74, 6) is -0.209. The summed E-state index contributed by atoms with van der Waals surface area (Å²) in [6.45, 7) is 4.35. The van der Waals surface area contributed by atoms with Gasteiger partial charge < -0.3 is 19.5 Å². The quantitative estimate of drug-likeness (QED) is 0.606. The van der Waals surface area contributed by atoms with Crippen LogP contribution >= 0.6 is 0 Å². The third-order valence-corrected chi connectivity index (χ3v) is 2.89. The number of ether oxygens (including phenoxy) is 3. The molecule has 0 aromatic heterocycles. The molecule has 1 N–H and O–H groups in total. The van der Waals surface area contributed by atoms with E-state index in [9.17, 15) is 9.59 Å². The number of carbonyl (C=O) groups is 2. The Bertz CT molecular complexity index is 501. The minimum atomic E-state index is -0.673. The molecule has 0 bridgehead atoms. The Morgan fingerprint density at radius 2 is 2.00 bits per heavy atom. The van der Waals surface area contributed by atoms with Crippen LogP contribution in [-0.2, 0) is 14.3 Å². The molecule has 21 heavy (non-hydrogen) atoms. The van der Waals surface area contributed by atoms with Gasteiger partial charge in [0.15, 0.2) is 6.10 Å². The predicted molar refractivity (Wildman–Crippen MR) is 77.5 cm³/mol. The lowest BCUT2D eigenvalue weighted by atomic mass is 10.1. The minimum absolute atomic E-state index is 0.241. The van der Waals surface area contributed by atoms with E-state index in [1.165, 1.54) is 7.11 Å². The van der Waals surface area contributed by atoms with Crippen LogP contribution in [0.1, 0.15) is 22.8 Å². The van der Waals surface area contributed by atoms with E-state index in [4.69, 9.17) is 9.47 Å². The van der Waals surface area contributed by atoms with E-state index in [0.29, 0.717) is 24.5 Å². The lowest BCUT2D eigenvalue weighted by Crippen LogP contribution is -2.38. The Hall–Kier alpha value is -2.08. The first-order valence-electron chi connectivity index (χ1n) is 6.61. The number of carbonyl (C=O) groups excluding carboxylic acids is 2. The Kier molecular flexibility index (Phi) is 6.68. The molecular weight excluding hydrogens is 274 g/mol. The van der Waals surface area contributed by atoms with Crippen LogP contribution < -0.4 is 10.1 Å². The number of methoxy groups -OCH3 is 2. The second-order valence-corrected chi connectivity index (χ2v) is 4.52. The van der Waals surface area contributed by atoms with Crippen molar-refractivity contribution in [2.75, 3.05) is 27.4 Å². The smallest absolute Gasteiger partial charge is 0.337 e. The number of hydrogen-bond donors (Lipinski definition) is 1. The van der Waals surface area contributed by atoms with E-state index in [1.807, 2.05) is 6.92 Å². The highest BCUT2D eigenvalue weighted by atomic mass is 16.5. The monoisotopic (exact) mass is 295 g/mol. The number of rotatable bonds is 7. The lowest BCUT2D eigenvalue weighted by Gasteiger charge is -2.16. The van der Waals surface area contributed by atoms with Crippen molar-refractivity contribution in [2.45, 2.75) is 20.0 Å². The van der Waals surface area contributed by atoms with E-state index in [2.05, 4.69) is 10.1 Å². The molecule has 1 amide bonds. The predicted octanol–water partition coefficient (Wildman–Crippen LogP) is 1.31. The van der Waals surface area contributed by atoms with Crippen LogP contribution in [0.4, 0.5) is 0 Å². The molecule has 1 atom stereocenters. The zero-order valence-electron chi connectivity index (χ0n) is 12.8. The van der Waals surface area contributed by atoms with E-state index in [0.717, 1.165) is 5.56 Å². The highest BCUT2D eigenvalue weighted by Crippen LogP contribution is 2.21. The second kappa shape index (κ2) is 8.26. The van der Waals surface area contributed by atoms with E-state index < -0.39 is 12.1 Å². The fourth-order valence-electron chi connectivity index (χ4n) is 1.64. The van der Waals surface area contributed by atoms with Crippen LogP contribution in [-0.4, -0.2) is 45.4 Å². The van der Waals surface area contributed by atoms with Crippen molar-refractivity contribution in [3.8, 4) is 5.75 Å². The van der Waals surface area contributed by atoms with Crippen molar-refractivity contribution < 1.29 is 23.8 Å². The Balaban J connectivity index is 2.72. The summed E-state index contributed by atoms with van der Waals surface area (Å²) in [4.78, 5) is 23.3. The summed E-state index contributed by atoms with van der Waals surface area (Å²) >= 11 is 0. The fourth-order valence-corrected chi connectivity index (χ4v) is 1.64. The van der Waals surface area contributed by atoms with Gasteiger partial charge in [-0.1, -0.05) is 6.07 Å². The van der Waals surface area contributed by atoms with Crippen molar-refractivity contribution in [1.29, 1.82) is 0 Å². The zero-order valence-corrected chi connectivity index (χ0v) is 12.8. The highest BCUT2D eigenvalue weighted by Gasteiger charge is 2.16. The molecule has 0 unspecified atom stereocenters. The van der Waals surface area contributed by atoms with Gasteiger partial charge in [0.1, 0.15) is 5.75 Å². The SMILES string of the molecule is COCCNC(=O)[C@H](C)Oc1cc(C(=O)OC)ccc1C. The van der Waals surface area contributed by atoms with Crippen molar-refractivity contribution in [3.63, 3.8) is 0 Å². The molecule has 0 aliphatic heterocycles. The third-order valence-electron chi connectivity index (χ3n) is 2.89. The lowest BCUT2D eigenvalue weighted by molar-refractivity contribution is -0.127. The molecule has 116 valence electrons. The molecule has 0 aliphatic rings. The number of hydrogen-bond acceptors (Lipinski definition) is 5. The highest BCUT2D eigenvalue weighted by molar-refractivity contribution is 5.90. The summed E-state index contributed by atoms with van der Waals surface area (Å²) in [6, 6.07) is 4.97. The van der Waals surface area contributed by atoms with Gasteiger partial charge in [0.2, 0.25) is 0 Å². The van der Waals surface area contributed by atoms with Gasteiger partial charge in [-0.3, -0.25) is 4.79 Å². The summed E-state index contributed by atoms with van der Waals surface area (Å²) in [7, 11) is 2.88. The van der Waals surface area contributed by atoms with E-state index >= 15 is 0 Å². The molecule has 0 heterocycles. The van der Waals surface area contributed by atoms with Crippen molar-refractivity contribution in [1.82, 2.24) is 5.32 Å². The van der Waals surface area contributed by atoms with Crippen LogP contribution in [0.25, 0.3) is 0 Å². The average Bonchev–Trinajstić information content (AvgIpc) is 2.48. The normalized spacial score (nSPS) is 11.6. The van der Waals surface area contributed by atoms with Crippen molar-refractivity contribution in [3.05, 3.63) is 29.3 Å². The van der Waals surface area contributed by atoms with Crippen LogP contribution in [0, 0.1) is 6.92 Å². The maximum absolute atomic E-state index is 11.8. The molecule has 0 saturated carbocycles. The summed E-state index contributed by atoms with van der Waals surface area (Å²) in [5.41, 5.74) is 1.21. The van der Waals surface area contributed by atoms with Gasteiger partial charge in [0.05, 0.1) is 19.3 Å². The molecular formula is C15H21NO5. The topological polar surface area (TPSA) is 73.9 Å². The molecule has 6 nitrogen and oxygen atoms in total. The van der Waals surface area contributed by atoms with Crippen LogP contribution in [0.15, 0.2) is 18.2 Å². The number of nitrogens with one attached hydrogen (secondary N) is 1. The number of esters is 1. The molecule has 6 heteroatoms. The third kappa shape index (κ3) is 5.07. The standard InChI is InChI=1S/C15H21NO5/c1-10-5-6-12(15(18)20-4)9-13(10)21-11(2)14(17)16-7-8-19-3/h5-6,9,11H,7-8H2,1-4H3,(H,16,17)/t11-/m0/s1. The number of amides is 1. The second-order valence-electron chi connectivity index (χ2n) is 4.52. The molecule has 1 rings (SSSR count). The summed E-state index contributed by atoms with van der Waals surface area (Å²) in [5, 5.41) is 2.69. The van der Waals surface area contributed by atoms with Gasteiger partial charge >= 0.3 is 5.97 Å². The molecule has 0 fully saturated rings. The van der Waals surface area contributed by atoms with Crippen LogP contribution in [0.3, 0.4) is 0 Å². The minimum Gasteiger partial charge on any atom is -0.481 e. The molecule has 0 spiro atoms. The van der Waals surface area contributed by atoms with Gasteiger partial charge in [0, 0.05) is 13.7 Å². The van der Waals surface area contributed by atoms with Gasteiger partial charge in [-0.15, -0.1) is 0 Å². The molecule has 0 saturated heterocycles. The average molecular weight is 295 g/mol. The Morgan fingerprint density at radius 1 is 1.29 bits per heavy atom. The summed E-state index contributed by atoms with van der Waals surface area (Å²) in [6.07, 6.45) is -0.673. The first kappa shape index (κ1) is 17.0. The molecule has 0 aliphatic carbocycles. The van der Waals surface area contributed by atoms with E-state index in [1.54, 1.807) is 32.2 Å². The number of aryl methyl sites for hydroxylation is 1.